The molecular weight excluding hydrogens is 312 g/mol. The predicted octanol–water partition coefficient (Wildman–Crippen LogP) is 3.14. The second-order valence-electron chi connectivity index (χ2n) is 6.96. The van der Waals surface area contributed by atoms with E-state index in [0.717, 1.165) is 37.6 Å². The van der Waals surface area contributed by atoms with Crippen LogP contribution in [0.2, 0.25) is 0 Å². The fraction of sp³-hybridized carbons (Fsp3) is 0.400. The first-order valence-electron chi connectivity index (χ1n) is 8.72. The van der Waals surface area contributed by atoms with Crippen LogP contribution in [0, 0.1) is 20.8 Å². The number of rotatable bonds is 3. The molecule has 132 valence electrons. The minimum atomic E-state index is 0.0570. The van der Waals surface area contributed by atoms with Crippen molar-refractivity contribution in [3.05, 3.63) is 52.8 Å². The molecule has 1 aromatic carbocycles. The summed E-state index contributed by atoms with van der Waals surface area (Å²) in [6.07, 6.45) is 3.42. The molecule has 5 heteroatoms. The third-order valence-electron chi connectivity index (χ3n) is 4.72. The molecule has 0 spiro atoms. The van der Waals surface area contributed by atoms with Crippen LogP contribution in [0.1, 0.15) is 27.0 Å². The lowest BCUT2D eigenvalue weighted by molar-refractivity contribution is 0.0663. The molecule has 1 aromatic heterocycles. The number of hydrogen-bond acceptors (Lipinski definition) is 4. The Hall–Kier alpha value is -2.40. The highest BCUT2D eigenvalue weighted by molar-refractivity contribution is 5.95. The second kappa shape index (κ2) is 7.23. The van der Waals surface area contributed by atoms with E-state index in [-0.39, 0.29) is 5.91 Å². The average molecular weight is 338 g/mol. The molecule has 5 nitrogen and oxygen atoms in total. The van der Waals surface area contributed by atoms with Gasteiger partial charge in [0, 0.05) is 38.1 Å². The van der Waals surface area contributed by atoms with Gasteiger partial charge >= 0.3 is 0 Å². The summed E-state index contributed by atoms with van der Waals surface area (Å²) in [6, 6.07) is 6.20. The topological polar surface area (TPSA) is 48.5 Å². The van der Waals surface area contributed by atoms with E-state index in [4.69, 9.17) is 0 Å². The Morgan fingerprint density at radius 1 is 1.00 bits per heavy atom. The first-order chi connectivity index (χ1) is 11.9. The fourth-order valence-corrected chi connectivity index (χ4v) is 3.34. The minimum absolute atomic E-state index is 0.0570. The van der Waals surface area contributed by atoms with Crippen LogP contribution >= 0.6 is 0 Å². The zero-order valence-electron chi connectivity index (χ0n) is 15.5. The first-order valence-corrected chi connectivity index (χ1v) is 8.72. The van der Waals surface area contributed by atoms with Crippen molar-refractivity contribution in [1.29, 1.82) is 0 Å². The summed E-state index contributed by atoms with van der Waals surface area (Å²) in [4.78, 5) is 21.1. The fourth-order valence-electron chi connectivity index (χ4n) is 3.34. The maximum absolute atomic E-state index is 12.7. The molecule has 1 aliphatic rings. The van der Waals surface area contributed by atoms with Gasteiger partial charge in [-0.15, -0.1) is 0 Å². The zero-order chi connectivity index (χ0) is 18.0. The Morgan fingerprint density at radius 3 is 2.28 bits per heavy atom. The van der Waals surface area contributed by atoms with E-state index < -0.39 is 0 Å². The summed E-state index contributed by atoms with van der Waals surface area (Å²) < 4.78 is 0. The number of nitrogens with zero attached hydrogens (tertiary/aromatic N) is 3. The molecule has 0 atom stereocenters. The van der Waals surface area contributed by atoms with Crippen LogP contribution in [0.3, 0.4) is 0 Å². The second-order valence-corrected chi connectivity index (χ2v) is 6.96. The molecule has 25 heavy (non-hydrogen) atoms. The van der Waals surface area contributed by atoms with Gasteiger partial charge in [0.05, 0.1) is 17.4 Å². The van der Waals surface area contributed by atoms with E-state index in [9.17, 15) is 4.79 Å². The molecule has 0 radical (unpaired) electrons. The maximum atomic E-state index is 12.7. The van der Waals surface area contributed by atoms with Gasteiger partial charge < -0.3 is 15.1 Å². The third-order valence-corrected chi connectivity index (χ3v) is 4.72. The quantitative estimate of drug-likeness (QED) is 0.934. The lowest BCUT2D eigenvalue weighted by atomic mass is 10.0. The summed E-state index contributed by atoms with van der Waals surface area (Å²) in [5.74, 6) is 0.0570. The number of amides is 1. The molecule has 1 fully saturated rings. The van der Waals surface area contributed by atoms with Crippen molar-refractivity contribution in [2.45, 2.75) is 20.8 Å². The normalized spacial score (nSPS) is 15.3. The molecule has 2 aromatic rings. The summed E-state index contributed by atoms with van der Waals surface area (Å²) >= 11 is 0. The van der Waals surface area contributed by atoms with Crippen LogP contribution < -0.4 is 5.32 Å². The number of nitrogens with one attached hydrogen (secondary N) is 1. The van der Waals surface area contributed by atoms with E-state index in [1.54, 1.807) is 12.4 Å². The minimum Gasteiger partial charge on any atom is -0.354 e. The van der Waals surface area contributed by atoms with Gasteiger partial charge in [-0.2, -0.15) is 0 Å². The van der Waals surface area contributed by atoms with Gasteiger partial charge in [0.15, 0.2) is 0 Å². The monoisotopic (exact) mass is 338 g/mol. The molecule has 1 aliphatic heterocycles. The molecule has 1 amide bonds. The smallest absolute Gasteiger partial charge is 0.255 e. The Morgan fingerprint density at radius 2 is 1.64 bits per heavy atom. The number of likely N-dealkylation sites (N-methyl/N-ethyl adjacent to an activating group) is 1. The number of carbonyl (C=O) groups excluding carboxylic acids is 1. The van der Waals surface area contributed by atoms with E-state index in [1.165, 1.54) is 16.7 Å². The number of aryl methyl sites for hydroxylation is 3. The van der Waals surface area contributed by atoms with Gasteiger partial charge in [-0.3, -0.25) is 9.78 Å². The lowest BCUT2D eigenvalue weighted by Gasteiger charge is -2.32. The standard InChI is InChI=1S/C20H26N4O/c1-14-9-15(2)19(16(3)10-14)22-18-11-17(12-21-13-18)20(25)24-7-5-23(4)6-8-24/h9-13,22H,5-8H2,1-4H3. The highest BCUT2D eigenvalue weighted by atomic mass is 16.2. The van der Waals surface area contributed by atoms with Crippen LogP contribution in [0.5, 0.6) is 0 Å². The van der Waals surface area contributed by atoms with Crippen LogP contribution in [0.15, 0.2) is 30.6 Å². The molecule has 3 rings (SSSR count). The highest BCUT2D eigenvalue weighted by Gasteiger charge is 2.20. The average Bonchev–Trinajstić information content (AvgIpc) is 2.58. The van der Waals surface area contributed by atoms with Gasteiger partial charge in [-0.05, 0) is 45.0 Å². The number of aromatic nitrogens is 1. The molecule has 1 saturated heterocycles. The number of anilines is 2. The van der Waals surface area contributed by atoms with Gasteiger partial charge in [0.25, 0.3) is 5.91 Å². The van der Waals surface area contributed by atoms with Gasteiger partial charge in [-0.25, -0.2) is 0 Å². The van der Waals surface area contributed by atoms with E-state index in [2.05, 4.69) is 55.2 Å². The van der Waals surface area contributed by atoms with Crippen molar-refractivity contribution in [2.24, 2.45) is 0 Å². The van der Waals surface area contributed by atoms with Gasteiger partial charge in [-0.1, -0.05) is 17.7 Å². The molecule has 2 heterocycles. The SMILES string of the molecule is Cc1cc(C)c(Nc2cncc(C(=O)N3CCN(C)CC3)c2)c(C)c1. The predicted molar refractivity (Wildman–Crippen MR) is 102 cm³/mol. The summed E-state index contributed by atoms with van der Waals surface area (Å²) in [7, 11) is 2.08. The Bertz CT molecular complexity index is 756. The lowest BCUT2D eigenvalue weighted by Crippen LogP contribution is -2.47. The zero-order valence-corrected chi connectivity index (χ0v) is 15.5. The maximum Gasteiger partial charge on any atom is 0.255 e. The van der Waals surface area contributed by atoms with Crippen molar-refractivity contribution in [3.63, 3.8) is 0 Å². The molecule has 1 N–H and O–H groups in total. The number of piperazine rings is 1. The molecule has 0 aliphatic carbocycles. The van der Waals surface area contributed by atoms with Crippen LogP contribution in [0.25, 0.3) is 0 Å². The Labute approximate surface area is 149 Å². The van der Waals surface area contributed by atoms with Crippen molar-refractivity contribution in [3.8, 4) is 0 Å². The summed E-state index contributed by atoms with van der Waals surface area (Å²) in [5.41, 5.74) is 6.18. The molecule has 0 saturated carbocycles. The van der Waals surface area contributed by atoms with E-state index in [1.807, 2.05) is 11.0 Å². The molecular formula is C20H26N4O. The number of hydrogen-bond donors (Lipinski definition) is 1. The van der Waals surface area contributed by atoms with Crippen molar-refractivity contribution >= 4 is 17.3 Å². The van der Waals surface area contributed by atoms with Crippen molar-refractivity contribution in [2.75, 3.05) is 38.5 Å². The van der Waals surface area contributed by atoms with E-state index >= 15 is 0 Å². The summed E-state index contributed by atoms with van der Waals surface area (Å²) in [5, 5.41) is 3.43. The number of carbonyl (C=O) groups is 1. The third kappa shape index (κ3) is 3.99. The Balaban J connectivity index is 1.79. The van der Waals surface area contributed by atoms with Gasteiger partial charge in [0.1, 0.15) is 0 Å². The highest BCUT2D eigenvalue weighted by Crippen LogP contribution is 2.26. The van der Waals surface area contributed by atoms with E-state index in [0.29, 0.717) is 5.56 Å². The Kier molecular flexibility index (Phi) is 5.04. The van der Waals surface area contributed by atoms with Crippen molar-refractivity contribution in [1.82, 2.24) is 14.8 Å². The largest absolute Gasteiger partial charge is 0.354 e. The molecule has 0 unspecified atom stereocenters. The van der Waals surface area contributed by atoms with Crippen LogP contribution in [-0.2, 0) is 0 Å². The van der Waals surface area contributed by atoms with Crippen LogP contribution in [-0.4, -0.2) is 53.9 Å². The van der Waals surface area contributed by atoms with Crippen LogP contribution in [0.4, 0.5) is 11.4 Å². The first kappa shape index (κ1) is 17.4. The van der Waals surface area contributed by atoms with Gasteiger partial charge in [0.2, 0.25) is 0 Å². The number of pyridine rings is 1. The molecule has 0 bridgehead atoms. The van der Waals surface area contributed by atoms with Crippen molar-refractivity contribution < 1.29 is 4.79 Å². The number of benzene rings is 1. The summed E-state index contributed by atoms with van der Waals surface area (Å²) in [6.45, 7) is 9.65.